The molecule has 0 saturated carbocycles. The Morgan fingerprint density at radius 2 is 1.05 bits per heavy atom. The molecule has 1 aliphatic rings. The van der Waals surface area contributed by atoms with E-state index in [1.807, 2.05) is 0 Å². The van der Waals surface area contributed by atoms with E-state index >= 15 is 0 Å². The average Bonchev–Trinajstić information content (AvgIpc) is 3.07. The molecule has 20 heteroatoms. The van der Waals surface area contributed by atoms with E-state index in [-0.39, 0.29) is 45.8 Å². The molecule has 296 valence electrons. The van der Waals surface area contributed by atoms with Crippen molar-refractivity contribution in [1.29, 1.82) is 0 Å². The highest BCUT2D eigenvalue weighted by molar-refractivity contribution is 7.90. The van der Waals surface area contributed by atoms with Gasteiger partial charge >= 0.3 is 24.7 Å². The van der Waals surface area contributed by atoms with E-state index in [0.717, 1.165) is 30.3 Å². The first-order valence-corrected chi connectivity index (χ1v) is 18.6. The second-order valence-electron chi connectivity index (χ2n) is 12.8. The fourth-order valence-electron chi connectivity index (χ4n) is 6.79. The van der Waals surface area contributed by atoms with Crippen LogP contribution in [-0.2, 0) is 49.5 Å². The van der Waals surface area contributed by atoms with Gasteiger partial charge in [-0.25, -0.2) is 27.1 Å². The molecule has 0 amide bonds. The first-order chi connectivity index (χ1) is 25.5. The van der Waals surface area contributed by atoms with Crippen LogP contribution in [0.3, 0.4) is 0 Å². The SMILES string of the molecule is NS(=O)(=O)c1ccc2ccccc2c1C1=c2ccc(-c3cc(C(F)(F)F)cc(C(F)(F)F)c3)cc2=CC[C@]1(c1cc(C(F)(F)F)cc(C(F)(F)F)c1)S(N)(=O)=O. The molecule has 6 rings (SSSR count). The molecular weight excluding hydrogens is 817 g/mol. The number of rotatable bonds is 5. The van der Waals surface area contributed by atoms with Crippen LogP contribution in [0.2, 0.25) is 0 Å². The lowest BCUT2D eigenvalue weighted by molar-refractivity contribution is -0.144. The van der Waals surface area contributed by atoms with Gasteiger partial charge < -0.3 is 0 Å². The highest BCUT2D eigenvalue weighted by Crippen LogP contribution is 2.50. The average molecular weight is 839 g/mol. The molecule has 0 bridgehead atoms. The van der Waals surface area contributed by atoms with Gasteiger partial charge in [-0.2, -0.15) is 52.7 Å². The van der Waals surface area contributed by atoms with Crippen LogP contribution in [0.1, 0.15) is 39.8 Å². The van der Waals surface area contributed by atoms with Crippen LogP contribution in [0, 0.1) is 0 Å². The van der Waals surface area contributed by atoms with Gasteiger partial charge in [-0.05, 0) is 98.4 Å². The fourth-order valence-corrected chi connectivity index (χ4v) is 8.80. The van der Waals surface area contributed by atoms with Crippen molar-refractivity contribution in [2.24, 2.45) is 10.3 Å². The Bertz CT molecular complexity index is 2730. The van der Waals surface area contributed by atoms with Gasteiger partial charge in [0.2, 0.25) is 20.0 Å². The van der Waals surface area contributed by atoms with E-state index in [1.165, 1.54) is 30.3 Å². The maximum absolute atomic E-state index is 14.2. The van der Waals surface area contributed by atoms with Crippen molar-refractivity contribution in [3.63, 3.8) is 0 Å². The predicted octanol–water partition coefficient (Wildman–Crippen LogP) is 7.80. The largest absolute Gasteiger partial charge is 0.416 e. The first kappa shape index (κ1) is 40.7. The quantitative estimate of drug-likeness (QED) is 0.176. The third kappa shape index (κ3) is 7.25. The minimum Gasteiger partial charge on any atom is -0.228 e. The van der Waals surface area contributed by atoms with Gasteiger partial charge in [-0.15, -0.1) is 0 Å². The molecule has 5 aromatic rings. The zero-order valence-corrected chi connectivity index (χ0v) is 29.2. The van der Waals surface area contributed by atoms with Gasteiger partial charge in [0.25, 0.3) is 0 Å². The molecule has 0 radical (unpaired) electrons. The topological polar surface area (TPSA) is 120 Å². The maximum atomic E-state index is 14.2. The molecule has 1 atom stereocenters. The van der Waals surface area contributed by atoms with E-state index in [4.69, 9.17) is 10.3 Å². The molecule has 0 fully saturated rings. The highest BCUT2D eigenvalue weighted by Gasteiger charge is 2.51. The third-order valence-corrected chi connectivity index (χ3v) is 11.8. The van der Waals surface area contributed by atoms with Crippen molar-refractivity contribution < 1.29 is 69.5 Å². The van der Waals surface area contributed by atoms with Crippen LogP contribution >= 0.6 is 0 Å². The molecule has 0 unspecified atom stereocenters. The van der Waals surface area contributed by atoms with Crippen LogP contribution < -0.4 is 20.7 Å². The first-order valence-electron chi connectivity index (χ1n) is 15.6. The molecule has 5 aromatic carbocycles. The van der Waals surface area contributed by atoms with E-state index < -0.39 is 111 Å². The predicted molar refractivity (Wildman–Crippen MR) is 179 cm³/mol. The number of hydrogen-bond donors (Lipinski definition) is 2. The lowest BCUT2D eigenvalue weighted by atomic mass is 9.76. The van der Waals surface area contributed by atoms with E-state index in [0.29, 0.717) is 12.1 Å². The third-order valence-electron chi connectivity index (χ3n) is 9.24. The highest BCUT2D eigenvalue weighted by atomic mass is 32.2. The van der Waals surface area contributed by atoms with Crippen LogP contribution in [0.5, 0.6) is 0 Å². The molecule has 0 spiro atoms. The van der Waals surface area contributed by atoms with Gasteiger partial charge in [0.1, 0.15) is 4.75 Å². The number of alkyl halides is 12. The summed E-state index contributed by atoms with van der Waals surface area (Å²) >= 11 is 0. The molecule has 0 heterocycles. The number of nitrogens with two attached hydrogens (primary N) is 2. The Balaban J connectivity index is 1.86. The molecule has 0 aromatic heterocycles. The van der Waals surface area contributed by atoms with Gasteiger partial charge in [0.15, 0.2) is 0 Å². The van der Waals surface area contributed by atoms with E-state index in [2.05, 4.69) is 0 Å². The summed E-state index contributed by atoms with van der Waals surface area (Å²) in [6.07, 6.45) is -21.7. The molecule has 4 N–H and O–H groups in total. The zero-order valence-electron chi connectivity index (χ0n) is 27.6. The minimum absolute atomic E-state index is 0.107. The Morgan fingerprint density at radius 3 is 1.54 bits per heavy atom. The Morgan fingerprint density at radius 1 is 0.554 bits per heavy atom. The van der Waals surface area contributed by atoms with Crippen molar-refractivity contribution in [3.8, 4) is 11.1 Å². The van der Waals surface area contributed by atoms with E-state index in [1.54, 1.807) is 0 Å². The summed E-state index contributed by atoms with van der Waals surface area (Å²) in [6.45, 7) is 0. The second kappa shape index (κ2) is 13.1. The summed E-state index contributed by atoms with van der Waals surface area (Å²) in [7, 11) is -10.5. The van der Waals surface area contributed by atoms with Crippen molar-refractivity contribution >= 4 is 42.5 Å². The summed E-state index contributed by atoms with van der Waals surface area (Å²) in [4.78, 5) is -0.855. The Hall–Kier alpha value is -4.92. The number of halogens is 12. The monoisotopic (exact) mass is 838 g/mol. The number of benzene rings is 5. The molecular formula is C36H22F12N2O4S2. The summed E-state index contributed by atoms with van der Waals surface area (Å²) in [6, 6.07) is 11.0. The number of hydrogen-bond acceptors (Lipinski definition) is 4. The Kier molecular flexibility index (Phi) is 9.51. The summed E-state index contributed by atoms with van der Waals surface area (Å²) in [5, 5.41) is 10.7. The summed E-state index contributed by atoms with van der Waals surface area (Å²) in [5.41, 5.74) is -10.9. The van der Waals surface area contributed by atoms with Crippen LogP contribution in [0.4, 0.5) is 52.7 Å². The normalized spacial score (nSPS) is 17.1. The number of sulfonamides is 2. The standard InChI is InChI=1S/C36H22F12N2O4S2/c37-33(38,39)23-12-21(13-24(16-23)34(40,41)42)19-5-7-28-20(11-19)9-10-32(56(50,53)54,22-14-25(35(43,44)45)17-26(15-22)36(46,47)48)31(28)30-27-4-2-1-3-18(27)6-8-29(30)55(49,51)52/h1-9,11-17H,10H2,(H2,49,51,52)(H2,50,53,54)/t32-/m1/s1. The molecule has 1 aliphatic carbocycles. The number of primary sulfonamides is 2. The van der Waals surface area contributed by atoms with Gasteiger partial charge in [0, 0.05) is 5.56 Å². The fraction of sp³-hybridized carbons (Fsp3) is 0.167. The van der Waals surface area contributed by atoms with Gasteiger partial charge in [0.05, 0.1) is 27.1 Å². The van der Waals surface area contributed by atoms with Crippen molar-refractivity contribution in [1.82, 2.24) is 0 Å². The summed E-state index contributed by atoms with van der Waals surface area (Å²) in [5.74, 6) is 0. The van der Waals surface area contributed by atoms with E-state index in [9.17, 15) is 69.5 Å². The minimum atomic E-state index is -5.53. The van der Waals surface area contributed by atoms with Crippen molar-refractivity contribution in [3.05, 3.63) is 135 Å². The lowest BCUT2D eigenvalue weighted by Gasteiger charge is -2.38. The maximum Gasteiger partial charge on any atom is 0.416 e. The summed E-state index contributed by atoms with van der Waals surface area (Å²) < 4.78 is 219. The Labute approximate surface area is 308 Å². The van der Waals surface area contributed by atoms with Crippen LogP contribution in [0.25, 0.3) is 33.5 Å². The second-order valence-corrected chi connectivity index (χ2v) is 16.1. The smallest absolute Gasteiger partial charge is 0.228 e. The molecule has 0 saturated heterocycles. The van der Waals surface area contributed by atoms with Crippen LogP contribution in [-0.4, -0.2) is 16.8 Å². The van der Waals surface area contributed by atoms with Crippen molar-refractivity contribution in [2.75, 3.05) is 0 Å². The lowest BCUT2D eigenvalue weighted by Crippen LogP contribution is -2.49. The van der Waals surface area contributed by atoms with Gasteiger partial charge in [-0.3, -0.25) is 0 Å². The molecule has 0 aliphatic heterocycles. The molecule has 56 heavy (non-hydrogen) atoms. The molecule has 6 nitrogen and oxygen atoms in total. The van der Waals surface area contributed by atoms with Crippen LogP contribution in [0.15, 0.2) is 95.9 Å². The van der Waals surface area contributed by atoms with Crippen molar-refractivity contribution in [2.45, 2.75) is 40.8 Å². The number of fused-ring (bicyclic) bond motifs is 2. The van der Waals surface area contributed by atoms with Gasteiger partial charge in [-0.1, -0.05) is 48.5 Å². The zero-order chi connectivity index (χ0) is 41.6.